The lowest BCUT2D eigenvalue weighted by Gasteiger charge is -2.14. The molecule has 0 saturated heterocycles. The van der Waals surface area contributed by atoms with E-state index >= 15 is 0 Å². The van der Waals surface area contributed by atoms with Gasteiger partial charge in [0, 0.05) is 18.3 Å². The van der Waals surface area contributed by atoms with Gasteiger partial charge in [-0.25, -0.2) is 0 Å². The van der Waals surface area contributed by atoms with Gasteiger partial charge in [-0.15, -0.1) is 0 Å². The highest BCUT2D eigenvalue weighted by Crippen LogP contribution is 2.25. The zero-order chi connectivity index (χ0) is 16.5. The smallest absolute Gasteiger partial charge is 0.130 e. The van der Waals surface area contributed by atoms with Gasteiger partial charge in [-0.1, -0.05) is 19.9 Å². The normalized spacial score (nSPS) is 10.8. The van der Waals surface area contributed by atoms with Crippen LogP contribution in [0.2, 0.25) is 0 Å². The predicted octanol–water partition coefficient (Wildman–Crippen LogP) is 3.80. The van der Waals surface area contributed by atoms with E-state index in [4.69, 9.17) is 9.47 Å². The summed E-state index contributed by atoms with van der Waals surface area (Å²) in [7, 11) is 1.68. The summed E-state index contributed by atoms with van der Waals surface area (Å²) in [5.74, 6) is 2.41. The molecule has 1 N–H and O–H groups in total. The topological polar surface area (TPSA) is 43.4 Å². The number of pyridine rings is 1. The van der Waals surface area contributed by atoms with Crippen LogP contribution in [-0.4, -0.2) is 18.6 Å². The second kappa shape index (κ2) is 9.16. The summed E-state index contributed by atoms with van der Waals surface area (Å²) in [5.41, 5.74) is 2.02. The lowest BCUT2D eigenvalue weighted by molar-refractivity contribution is 0.296. The van der Waals surface area contributed by atoms with Gasteiger partial charge in [-0.2, -0.15) is 0 Å². The lowest BCUT2D eigenvalue weighted by atomic mass is 10.1. The average Bonchev–Trinajstić information content (AvgIpc) is 2.58. The molecule has 1 heterocycles. The fraction of sp³-hybridized carbons (Fsp3) is 0.421. The van der Waals surface area contributed by atoms with Crippen LogP contribution in [-0.2, 0) is 13.2 Å². The van der Waals surface area contributed by atoms with Crippen molar-refractivity contribution in [3.05, 3.63) is 53.9 Å². The van der Waals surface area contributed by atoms with Crippen LogP contribution >= 0.6 is 0 Å². The maximum absolute atomic E-state index is 5.94. The molecule has 1 aromatic heterocycles. The standard InChI is InChI=1S/C19H26N2O2/c1-15(2)9-11-20-13-16-12-18(22-3)7-8-19(16)23-14-17-6-4-5-10-21-17/h4-8,10,12,15,20H,9,11,13-14H2,1-3H3. The zero-order valence-electron chi connectivity index (χ0n) is 14.2. The number of nitrogens with zero attached hydrogens (tertiary/aromatic N) is 1. The molecule has 124 valence electrons. The first-order valence-electron chi connectivity index (χ1n) is 8.09. The van der Waals surface area contributed by atoms with Crippen molar-refractivity contribution in [1.82, 2.24) is 10.3 Å². The number of nitrogens with one attached hydrogen (secondary N) is 1. The van der Waals surface area contributed by atoms with E-state index in [1.54, 1.807) is 13.3 Å². The van der Waals surface area contributed by atoms with Crippen molar-refractivity contribution in [2.45, 2.75) is 33.4 Å². The van der Waals surface area contributed by atoms with Crippen LogP contribution in [0.4, 0.5) is 0 Å². The van der Waals surface area contributed by atoms with Crippen LogP contribution in [0.15, 0.2) is 42.6 Å². The van der Waals surface area contributed by atoms with Gasteiger partial charge in [0.25, 0.3) is 0 Å². The predicted molar refractivity (Wildman–Crippen MR) is 92.7 cm³/mol. The van der Waals surface area contributed by atoms with Gasteiger partial charge in [-0.3, -0.25) is 4.98 Å². The summed E-state index contributed by atoms with van der Waals surface area (Å²) in [6.45, 7) is 6.69. The Morgan fingerprint density at radius 3 is 2.74 bits per heavy atom. The zero-order valence-corrected chi connectivity index (χ0v) is 14.2. The minimum Gasteiger partial charge on any atom is -0.497 e. The fourth-order valence-electron chi connectivity index (χ4n) is 2.21. The number of benzene rings is 1. The molecule has 0 aliphatic heterocycles. The third kappa shape index (κ3) is 5.91. The summed E-state index contributed by atoms with van der Waals surface area (Å²) in [6.07, 6.45) is 2.94. The van der Waals surface area contributed by atoms with Crippen LogP contribution < -0.4 is 14.8 Å². The van der Waals surface area contributed by atoms with Crippen molar-refractivity contribution in [3.8, 4) is 11.5 Å². The Balaban J connectivity index is 1.99. The number of hydrogen-bond donors (Lipinski definition) is 1. The highest BCUT2D eigenvalue weighted by molar-refractivity contribution is 5.40. The van der Waals surface area contributed by atoms with Crippen LogP contribution in [0, 0.1) is 5.92 Å². The van der Waals surface area contributed by atoms with Gasteiger partial charge >= 0.3 is 0 Å². The SMILES string of the molecule is COc1ccc(OCc2ccccn2)c(CNCCC(C)C)c1. The molecule has 0 bridgehead atoms. The summed E-state index contributed by atoms with van der Waals surface area (Å²) >= 11 is 0. The molecule has 0 radical (unpaired) electrons. The summed E-state index contributed by atoms with van der Waals surface area (Å²) in [6, 6.07) is 11.7. The maximum atomic E-state index is 5.94. The van der Waals surface area contributed by atoms with E-state index in [1.165, 1.54) is 0 Å². The van der Waals surface area contributed by atoms with Crippen LogP contribution in [0.25, 0.3) is 0 Å². The number of rotatable bonds is 9. The van der Waals surface area contributed by atoms with Crippen molar-refractivity contribution in [3.63, 3.8) is 0 Å². The van der Waals surface area contributed by atoms with E-state index in [-0.39, 0.29) is 0 Å². The molecule has 0 aliphatic carbocycles. The van der Waals surface area contributed by atoms with Gasteiger partial charge in [0.2, 0.25) is 0 Å². The van der Waals surface area contributed by atoms with Gasteiger partial charge in [-0.05, 0) is 49.2 Å². The van der Waals surface area contributed by atoms with E-state index in [0.29, 0.717) is 12.5 Å². The molecule has 0 saturated carbocycles. The van der Waals surface area contributed by atoms with Gasteiger partial charge in [0.05, 0.1) is 12.8 Å². The number of ether oxygens (including phenoxy) is 2. The molecule has 4 heteroatoms. The minimum absolute atomic E-state index is 0.464. The van der Waals surface area contributed by atoms with E-state index in [1.807, 2.05) is 36.4 Å². The third-order valence-corrected chi connectivity index (χ3v) is 3.58. The molecule has 0 spiro atoms. The van der Waals surface area contributed by atoms with Crippen LogP contribution in [0.5, 0.6) is 11.5 Å². The monoisotopic (exact) mass is 314 g/mol. The summed E-state index contributed by atoms with van der Waals surface area (Å²) < 4.78 is 11.3. The fourth-order valence-corrected chi connectivity index (χ4v) is 2.21. The molecule has 0 amide bonds. The Morgan fingerprint density at radius 2 is 2.04 bits per heavy atom. The first-order valence-corrected chi connectivity index (χ1v) is 8.09. The summed E-state index contributed by atoms with van der Waals surface area (Å²) in [5, 5.41) is 3.47. The summed E-state index contributed by atoms with van der Waals surface area (Å²) in [4.78, 5) is 4.29. The van der Waals surface area contributed by atoms with Gasteiger partial charge in [0.1, 0.15) is 18.1 Å². The Hall–Kier alpha value is -2.07. The quantitative estimate of drug-likeness (QED) is 0.715. The maximum Gasteiger partial charge on any atom is 0.130 e. The minimum atomic E-state index is 0.464. The second-order valence-electron chi connectivity index (χ2n) is 5.94. The van der Waals surface area contributed by atoms with Crippen molar-refractivity contribution >= 4 is 0 Å². The van der Waals surface area contributed by atoms with Gasteiger partial charge < -0.3 is 14.8 Å². The van der Waals surface area contributed by atoms with E-state index in [2.05, 4.69) is 24.1 Å². The van der Waals surface area contributed by atoms with Crippen molar-refractivity contribution in [2.75, 3.05) is 13.7 Å². The van der Waals surface area contributed by atoms with Crippen LogP contribution in [0.3, 0.4) is 0 Å². The largest absolute Gasteiger partial charge is 0.497 e. The highest BCUT2D eigenvalue weighted by atomic mass is 16.5. The molecule has 2 rings (SSSR count). The van der Waals surface area contributed by atoms with E-state index in [9.17, 15) is 0 Å². The lowest BCUT2D eigenvalue weighted by Crippen LogP contribution is -2.17. The number of hydrogen-bond acceptors (Lipinski definition) is 4. The Morgan fingerprint density at radius 1 is 1.17 bits per heavy atom. The second-order valence-corrected chi connectivity index (χ2v) is 5.94. The van der Waals surface area contributed by atoms with Gasteiger partial charge in [0.15, 0.2) is 0 Å². The molecule has 0 unspecified atom stereocenters. The van der Waals surface area contributed by atoms with E-state index < -0.39 is 0 Å². The molecule has 2 aromatic rings. The molecule has 0 atom stereocenters. The molecule has 0 aliphatic rings. The first kappa shape index (κ1) is 17.3. The van der Waals surface area contributed by atoms with Crippen LogP contribution in [0.1, 0.15) is 31.5 Å². The van der Waals surface area contributed by atoms with Crippen molar-refractivity contribution in [1.29, 1.82) is 0 Å². The molecular weight excluding hydrogens is 288 g/mol. The Labute approximate surface area is 138 Å². The highest BCUT2D eigenvalue weighted by Gasteiger charge is 2.07. The third-order valence-electron chi connectivity index (χ3n) is 3.58. The van der Waals surface area contributed by atoms with Crippen molar-refractivity contribution in [2.24, 2.45) is 5.92 Å². The molecule has 23 heavy (non-hydrogen) atoms. The van der Waals surface area contributed by atoms with E-state index in [0.717, 1.165) is 42.3 Å². The number of aromatic nitrogens is 1. The molecule has 1 aromatic carbocycles. The average molecular weight is 314 g/mol. The molecular formula is C19H26N2O2. The van der Waals surface area contributed by atoms with Crippen molar-refractivity contribution < 1.29 is 9.47 Å². The molecule has 0 fully saturated rings. The first-order chi connectivity index (χ1) is 11.2. The Bertz CT molecular complexity index is 585. The molecule has 4 nitrogen and oxygen atoms in total. The Kier molecular flexibility index (Phi) is 6.88. The number of methoxy groups -OCH3 is 1.